The van der Waals surface area contributed by atoms with Gasteiger partial charge in [-0.3, -0.25) is 9.59 Å². The highest BCUT2D eigenvalue weighted by Gasteiger charge is 2.28. The van der Waals surface area contributed by atoms with Crippen molar-refractivity contribution in [2.24, 2.45) is 5.92 Å². The van der Waals surface area contributed by atoms with E-state index in [1.54, 1.807) is 12.0 Å². The highest BCUT2D eigenvalue weighted by molar-refractivity contribution is 6.04. The van der Waals surface area contributed by atoms with Crippen LogP contribution in [-0.4, -0.2) is 25.5 Å². The highest BCUT2D eigenvalue weighted by atomic mass is 16.5. The standard InChI is InChI=1S/C19H20N2O3/c1-13-12-21(17-6-4-3-5-16(17)20-19(13)23)18(22)11-14-7-9-15(24-2)10-8-14/h3-10,13H,11-12H2,1-2H3,(H,20,23). The van der Waals surface area contributed by atoms with Crippen LogP contribution >= 0.6 is 0 Å². The van der Waals surface area contributed by atoms with Crippen LogP contribution in [0.15, 0.2) is 48.5 Å². The van der Waals surface area contributed by atoms with Crippen LogP contribution in [0, 0.1) is 5.92 Å². The van der Waals surface area contributed by atoms with Gasteiger partial charge in [0.05, 0.1) is 30.8 Å². The Balaban J connectivity index is 1.85. The molecular formula is C19H20N2O3. The number of hydrogen-bond acceptors (Lipinski definition) is 3. The second-order valence-corrected chi connectivity index (χ2v) is 5.94. The van der Waals surface area contributed by atoms with E-state index in [0.29, 0.717) is 12.2 Å². The van der Waals surface area contributed by atoms with E-state index in [-0.39, 0.29) is 24.2 Å². The lowest BCUT2D eigenvalue weighted by Gasteiger charge is -2.23. The van der Waals surface area contributed by atoms with Gasteiger partial charge in [-0.1, -0.05) is 31.2 Å². The second kappa shape index (κ2) is 6.74. The third-order valence-electron chi connectivity index (χ3n) is 4.17. The summed E-state index contributed by atoms with van der Waals surface area (Å²) >= 11 is 0. The third kappa shape index (κ3) is 3.25. The minimum Gasteiger partial charge on any atom is -0.497 e. The smallest absolute Gasteiger partial charge is 0.231 e. The van der Waals surface area contributed by atoms with Crippen molar-refractivity contribution < 1.29 is 14.3 Å². The fourth-order valence-electron chi connectivity index (χ4n) is 2.78. The molecule has 124 valence electrons. The molecule has 0 fully saturated rings. The van der Waals surface area contributed by atoms with Crippen LogP contribution in [0.4, 0.5) is 11.4 Å². The number of para-hydroxylation sites is 2. The number of anilines is 2. The van der Waals surface area contributed by atoms with E-state index in [4.69, 9.17) is 4.74 Å². The Kier molecular flexibility index (Phi) is 4.51. The number of carbonyl (C=O) groups is 2. The number of rotatable bonds is 3. The summed E-state index contributed by atoms with van der Waals surface area (Å²) in [7, 11) is 1.61. The molecule has 0 aliphatic carbocycles. The van der Waals surface area contributed by atoms with Gasteiger partial charge in [0.1, 0.15) is 5.75 Å². The Labute approximate surface area is 141 Å². The number of hydrogen-bond donors (Lipinski definition) is 1. The molecule has 0 radical (unpaired) electrons. The largest absolute Gasteiger partial charge is 0.497 e. The zero-order valence-corrected chi connectivity index (χ0v) is 13.8. The molecule has 0 aromatic heterocycles. The fourth-order valence-corrected chi connectivity index (χ4v) is 2.78. The molecule has 0 saturated carbocycles. The first kappa shape index (κ1) is 16.1. The van der Waals surface area contributed by atoms with Gasteiger partial charge >= 0.3 is 0 Å². The molecule has 24 heavy (non-hydrogen) atoms. The van der Waals surface area contributed by atoms with E-state index in [0.717, 1.165) is 17.0 Å². The van der Waals surface area contributed by atoms with Crippen LogP contribution in [0.2, 0.25) is 0 Å². The Morgan fingerprint density at radius 2 is 1.92 bits per heavy atom. The van der Waals surface area contributed by atoms with Gasteiger partial charge in [-0.25, -0.2) is 0 Å². The normalized spacial score (nSPS) is 16.8. The lowest BCUT2D eigenvalue weighted by molar-refractivity contribution is -0.119. The number of methoxy groups -OCH3 is 1. The monoisotopic (exact) mass is 324 g/mol. The molecule has 0 saturated heterocycles. The van der Waals surface area contributed by atoms with Crippen LogP contribution in [0.25, 0.3) is 0 Å². The van der Waals surface area contributed by atoms with Gasteiger partial charge in [0.2, 0.25) is 11.8 Å². The molecular weight excluding hydrogens is 304 g/mol. The van der Waals surface area contributed by atoms with Crippen LogP contribution in [0.1, 0.15) is 12.5 Å². The minimum atomic E-state index is -0.266. The van der Waals surface area contributed by atoms with Gasteiger partial charge in [0.15, 0.2) is 0 Å². The summed E-state index contributed by atoms with van der Waals surface area (Å²) in [4.78, 5) is 26.7. The maximum atomic E-state index is 12.8. The predicted octanol–water partition coefficient (Wildman–Crippen LogP) is 2.86. The van der Waals surface area contributed by atoms with E-state index in [2.05, 4.69) is 5.32 Å². The Hall–Kier alpha value is -2.82. The van der Waals surface area contributed by atoms with E-state index in [9.17, 15) is 9.59 Å². The molecule has 1 atom stereocenters. The van der Waals surface area contributed by atoms with Gasteiger partial charge in [0, 0.05) is 6.54 Å². The zero-order chi connectivity index (χ0) is 17.1. The maximum absolute atomic E-state index is 12.8. The van der Waals surface area contributed by atoms with Gasteiger partial charge in [-0.05, 0) is 29.8 Å². The van der Waals surface area contributed by atoms with Crippen molar-refractivity contribution >= 4 is 23.2 Å². The Bertz CT molecular complexity index is 755. The molecule has 1 heterocycles. The third-order valence-corrected chi connectivity index (χ3v) is 4.17. The van der Waals surface area contributed by atoms with Crippen molar-refractivity contribution in [2.45, 2.75) is 13.3 Å². The molecule has 5 heteroatoms. The minimum absolute atomic E-state index is 0.0315. The van der Waals surface area contributed by atoms with E-state index < -0.39 is 0 Å². The summed E-state index contributed by atoms with van der Waals surface area (Å²) in [6.45, 7) is 2.20. The van der Waals surface area contributed by atoms with E-state index in [1.807, 2.05) is 55.5 Å². The SMILES string of the molecule is COc1ccc(CC(=O)N2CC(C)C(=O)Nc3ccccc32)cc1. The molecule has 2 aromatic rings. The van der Waals surface area contributed by atoms with Gasteiger partial charge < -0.3 is 15.0 Å². The summed E-state index contributed by atoms with van der Waals surface area (Å²) in [5.74, 6) is 0.394. The average molecular weight is 324 g/mol. The molecule has 2 aromatic carbocycles. The molecule has 3 rings (SSSR count). The summed E-state index contributed by atoms with van der Waals surface area (Å²) in [6.07, 6.45) is 0.277. The van der Waals surface area contributed by atoms with Gasteiger partial charge in [0.25, 0.3) is 0 Å². The topological polar surface area (TPSA) is 58.6 Å². The number of nitrogens with one attached hydrogen (secondary N) is 1. The number of benzene rings is 2. The van der Waals surface area contributed by atoms with E-state index >= 15 is 0 Å². The molecule has 0 bridgehead atoms. The lowest BCUT2D eigenvalue weighted by Crippen LogP contribution is -2.36. The molecule has 1 aliphatic rings. The molecule has 1 unspecified atom stereocenters. The molecule has 2 amide bonds. The average Bonchev–Trinajstić information content (AvgIpc) is 2.72. The summed E-state index contributed by atoms with van der Waals surface area (Å²) in [6, 6.07) is 14.8. The predicted molar refractivity (Wildman–Crippen MR) is 93.3 cm³/mol. The number of fused-ring (bicyclic) bond motifs is 1. The van der Waals surface area contributed by atoms with Gasteiger partial charge in [-0.2, -0.15) is 0 Å². The Morgan fingerprint density at radius 3 is 2.62 bits per heavy atom. The first-order valence-corrected chi connectivity index (χ1v) is 7.91. The first-order chi connectivity index (χ1) is 11.6. The fraction of sp³-hybridized carbons (Fsp3) is 0.263. The zero-order valence-electron chi connectivity index (χ0n) is 13.8. The molecule has 0 spiro atoms. The van der Waals surface area contributed by atoms with Crippen molar-refractivity contribution in [1.82, 2.24) is 0 Å². The van der Waals surface area contributed by atoms with Crippen molar-refractivity contribution in [2.75, 3.05) is 23.9 Å². The highest BCUT2D eigenvalue weighted by Crippen LogP contribution is 2.30. The summed E-state index contributed by atoms with van der Waals surface area (Å²) in [5, 5.41) is 2.89. The number of carbonyl (C=O) groups excluding carboxylic acids is 2. The molecule has 1 N–H and O–H groups in total. The van der Waals surface area contributed by atoms with E-state index in [1.165, 1.54) is 0 Å². The van der Waals surface area contributed by atoms with Crippen LogP contribution in [0.5, 0.6) is 5.75 Å². The first-order valence-electron chi connectivity index (χ1n) is 7.91. The second-order valence-electron chi connectivity index (χ2n) is 5.94. The molecule has 1 aliphatic heterocycles. The number of nitrogens with zero attached hydrogens (tertiary/aromatic N) is 1. The Morgan fingerprint density at radius 1 is 1.21 bits per heavy atom. The summed E-state index contributed by atoms with van der Waals surface area (Å²) < 4.78 is 5.14. The van der Waals surface area contributed by atoms with Crippen molar-refractivity contribution in [3.63, 3.8) is 0 Å². The van der Waals surface area contributed by atoms with Gasteiger partial charge in [-0.15, -0.1) is 0 Å². The van der Waals surface area contributed by atoms with Crippen LogP contribution in [-0.2, 0) is 16.0 Å². The van der Waals surface area contributed by atoms with Crippen molar-refractivity contribution in [3.8, 4) is 5.75 Å². The quantitative estimate of drug-likeness (QED) is 0.944. The molecule has 5 nitrogen and oxygen atoms in total. The number of ether oxygens (including phenoxy) is 1. The lowest BCUT2D eigenvalue weighted by atomic mass is 10.1. The van der Waals surface area contributed by atoms with Crippen molar-refractivity contribution in [1.29, 1.82) is 0 Å². The van der Waals surface area contributed by atoms with Crippen molar-refractivity contribution in [3.05, 3.63) is 54.1 Å². The van der Waals surface area contributed by atoms with Crippen LogP contribution < -0.4 is 15.0 Å². The summed E-state index contributed by atoms with van der Waals surface area (Å²) in [5.41, 5.74) is 2.33. The maximum Gasteiger partial charge on any atom is 0.231 e. The van der Waals surface area contributed by atoms with Crippen LogP contribution in [0.3, 0.4) is 0 Å². The number of amides is 2.